The van der Waals surface area contributed by atoms with Crippen molar-refractivity contribution >= 4 is 5.69 Å². The van der Waals surface area contributed by atoms with Crippen molar-refractivity contribution in [3.8, 4) is 0 Å². The van der Waals surface area contributed by atoms with Crippen molar-refractivity contribution in [2.45, 2.75) is 47.6 Å². The lowest BCUT2D eigenvalue weighted by Gasteiger charge is -2.37. The molecule has 1 aromatic rings. The largest absolute Gasteiger partial charge is 0.374 e. The molecule has 1 atom stereocenters. The Morgan fingerprint density at radius 3 is 2.42 bits per heavy atom. The zero-order valence-electron chi connectivity index (χ0n) is 13.7. The molecule has 0 radical (unpaired) electrons. The second-order valence-electron chi connectivity index (χ2n) is 6.41. The maximum atomic E-state index is 3.54. The van der Waals surface area contributed by atoms with Crippen LogP contribution in [0.25, 0.3) is 0 Å². The number of anilines is 1. The lowest BCUT2D eigenvalue weighted by atomic mass is 9.84. The number of nitrogens with one attached hydrogen (secondary N) is 1. The highest BCUT2D eigenvalue weighted by atomic mass is 15.1. The van der Waals surface area contributed by atoms with Crippen LogP contribution in [0.1, 0.15) is 38.8 Å². The molecule has 0 spiro atoms. The summed E-state index contributed by atoms with van der Waals surface area (Å²) < 4.78 is 0. The molecule has 2 heteroatoms. The third-order valence-electron chi connectivity index (χ3n) is 4.09. The van der Waals surface area contributed by atoms with Crippen LogP contribution in [-0.2, 0) is 0 Å². The fraction of sp³-hybridized carbons (Fsp3) is 0.647. The van der Waals surface area contributed by atoms with E-state index in [1.54, 1.807) is 0 Å². The monoisotopic (exact) mass is 262 g/mol. The number of hydrogen-bond donors (Lipinski definition) is 1. The van der Waals surface area contributed by atoms with E-state index in [4.69, 9.17) is 0 Å². The minimum Gasteiger partial charge on any atom is -0.374 e. The van der Waals surface area contributed by atoms with Gasteiger partial charge < -0.3 is 10.2 Å². The first-order valence-corrected chi connectivity index (χ1v) is 7.29. The van der Waals surface area contributed by atoms with Gasteiger partial charge in [-0.25, -0.2) is 0 Å². The van der Waals surface area contributed by atoms with Crippen LogP contribution in [-0.4, -0.2) is 26.2 Å². The van der Waals surface area contributed by atoms with Crippen molar-refractivity contribution in [2.24, 2.45) is 5.41 Å². The lowest BCUT2D eigenvalue weighted by Crippen LogP contribution is -2.46. The Bertz CT molecular complexity index is 410. The maximum absolute atomic E-state index is 3.54. The molecule has 0 amide bonds. The van der Waals surface area contributed by atoms with Gasteiger partial charge in [-0.2, -0.15) is 0 Å². The Morgan fingerprint density at radius 1 is 1.26 bits per heavy atom. The van der Waals surface area contributed by atoms with E-state index in [-0.39, 0.29) is 5.41 Å². The first-order chi connectivity index (χ1) is 8.77. The second-order valence-corrected chi connectivity index (χ2v) is 6.41. The predicted octanol–water partition coefficient (Wildman–Crippen LogP) is 3.76. The minimum atomic E-state index is 0.238. The summed E-state index contributed by atoms with van der Waals surface area (Å²) in [7, 11) is 2.19. The minimum absolute atomic E-state index is 0.238. The normalized spacial score (nSPS) is 13.4. The Hall–Kier alpha value is -1.02. The summed E-state index contributed by atoms with van der Waals surface area (Å²) >= 11 is 0. The van der Waals surface area contributed by atoms with E-state index in [1.807, 2.05) is 0 Å². The molecule has 2 nitrogen and oxygen atoms in total. The summed E-state index contributed by atoms with van der Waals surface area (Å²) in [6, 6.07) is 7.19. The van der Waals surface area contributed by atoms with Crippen LogP contribution in [0.3, 0.4) is 0 Å². The fourth-order valence-corrected chi connectivity index (χ4v) is 2.65. The summed E-state index contributed by atoms with van der Waals surface area (Å²) in [6.07, 6.45) is 0. The number of rotatable bonds is 6. The summed E-state index contributed by atoms with van der Waals surface area (Å²) in [5.41, 5.74) is 4.26. The average Bonchev–Trinajstić information content (AvgIpc) is 2.28. The molecule has 0 saturated heterocycles. The standard InChI is InChI=1S/C17H30N2/c1-8-18-15(4)17(5,6)12-19(7)16-10-9-13(2)11-14(16)3/h9-11,15,18H,8,12H2,1-7H3. The zero-order chi connectivity index (χ0) is 14.6. The Balaban J connectivity index is 2.81. The van der Waals surface area contributed by atoms with Crippen molar-refractivity contribution in [1.29, 1.82) is 0 Å². The van der Waals surface area contributed by atoms with E-state index in [9.17, 15) is 0 Å². The van der Waals surface area contributed by atoms with Crippen molar-refractivity contribution in [1.82, 2.24) is 5.32 Å². The number of hydrogen-bond acceptors (Lipinski definition) is 2. The molecule has 1 aromatic carbocycles. The average molecular weight is 262 g/mol. The fourth-order valence-electron chi connectivity index (χ4n) is 2.65. The molecule has 0 aliphatic carbocycles. The van der Waals surface area contributed by atoms with Crippen molar-refractivity contribution in [2.75, 3.05) is 25.0 Å². The first kappa shape index (κ1) is 16.0. The molecule has 108 valence electrons. The molecule has 0 aliphatic heterocycles. The summed E-state index contributed by atoms with van der Waals surface area (Å²) in [5.74, 6) is 0. The van der Waals surface area contributed by atoms with Gasteiger partial charge in [0.2, 0.25) is 0 Å². The summed E-state index contributed by atoms with van der Waals surface area (Å²) in [4.78, 5) is 2.38. The Morgan fingerprint density at radius 2 is 1.89 bits per heavy atom. The van der Waals surface area contributed by atoms with Crippen molar-refractivity contribution < 1.29 is 0 Å². The quantitative estimate of drug-likeness (QED) is 0.839. The molecule has 1 unspecified atom stereocenters. The molecule has 0 bridgehead atoms. The molecule has 0 aromatic heterocycles. The van der Waals surface area contributed by atoms with Crippen molar-refractivity contribution in [3.63, 3.8) is 0 Å². The molecule has 0 heterocycles. The highest BCUT2D eigenvalue weighted by Gasteiger charge is 2.27. The van der Waals surface area contributed by atoms with E-state index in [0.29, 0.717) is 6.04 Å². The SMILES string of the molecule is CCNC(C)C(C)(C)CN(C)c1ccc(C)cc1C. The second kappa shape index (κ2) is 6.42. The molecular formula is C17H30N2. The third kappa shape index (κ3) is 4.24. The van der Waals surface area contributed by atoms with Gasteiger partial charge in [0.25, 0.3) is 0 Å². The molecule has 1 N–H and O–H groups in total. The highest BCUT2D eigenvalue weighted by molar-refractivity contribution is 5.53. The van der Waals surface area contributed by atoms with Crippen LogP contribution in [0.4, 0.5) is 5.69 Å². The van der Waals surface area contributed by atoms with Gasteiger partial charge in [-0.15, -0.1) is 0 Å². The van der Waals surface area contributed by atoms with Gasteiger partial charge in [-0.1, -0.05) is 38.5 Å². The summed E-state index contributed by atoms with van der Waals surface area (Å²) in [5, 5.41) is 3.54. The molecular weight excluding hydrogens is 232 g/mol. The molecule has 19 heavy (non-hydrogen) atoms. The number of nitrogens with zero attached hydrogens (tertiary/aromatic N) is 1. The highest BCUT2D eigenvalue weighted by Crippen LogP contribution is 2.27. The van der Waals surface area contributed by atoms with Gasteiger partial charge in [0.1, 0.15) is 0 Å². The van der Waals surface area contributed by atoms with Crippen LogP contribution in [0, 0.1) is 19.3 Å². The van der Waals surface area contributed by atoms with Gasteiger partial charge in [0.15, 0.2) is 0 Å². The van der Waals surface area contributed by atoms with E-state index in [0.717, 1.165) is 13.1 Å². The van der Waals surface area contributed by atoms with Gasteiger partial charge in [0, 0.05) is 25.3 Å². The Labute approximate surface area is 119 Å². The van der Waals surface area contributed by atoms with E-state index in [2.05, 4.69) is 77.0 Å². The number of aryl methyl sites for hydroxylation is 2. The van der Waals surface area contributed by atoms with Gasteiger partial charge in [-0.3, -0.25) is 0 Å². The van der Waals surface area contributed by atoms with Crippen LogP contribution in [0.5, 0.6) is 0 Å². The molecule has 0 fully saturated rings. The van der Waals surface area contributed by atoms with E-state index >= 15 is 0 Å². The van der Waals surface area contributed by atoms with Crippen molar-refractivity contribution in [3.05, 3.63) is 29.3 Å². The van der Waals surface area contributed by atoms with Gasteiger partial charge in [-0.05, 0) is 44.4 Å². The first-order valence-electron chi connectivity index (χ1n) is 7.29. The number of benzene rings is 1. The third-order valence-corrected chi connectivity index (χ3v) is 4.09. The Kier molecular flexibility index (Phi) is 5.42. The van der Waals surface area contributed by atoms with Crippen LogP contribution in [0.15, 0.2) is 18.2 Å². The predicted molar refractivity (Wildman–Crippen MR) is 86.1 cm³/mol. The van der Waals surface area contributed by atoms with Crippen LogP contribution < -0.4 is 10.2 Å². The van der Waals surface area contributed by atoms with Crippen LogP contribution >= 0.6 is 0 Å². The smallest absolute Gasteiger partial charge is 0.0393 e. The molecule has 1 rings (SSSR count). The lowest BCUT2D eigenvalue weighted by molar-refractivity contribution is 0.266. The van der Waals surface area contributed by atoms with Gasteiger partial charge in [0.05, 0.1) is 0 Å². The van der Waals surface area contributed by atoms with E-state index < -0.39 is 0 Å². The maximum Gasteiger partial charge on any atom is 0.0393 e. The zero-order valence-corrected chi connectivity index (χ0v) is 13.7. The van der Waals surface area contributed by atoms with E-state index in [1.165, 1.54) is 16.8 Å². The summed E-state index contributed by atoms with van der Waals surface area (Å²) in [6.45, 7) is 15.5. The van der Waals surface area contributed by atoms with Crippen LogP contribution in [0.2, 0.25) is 0 Å². The topological polar surface area (TPSA) is 15.3 Å². The molecule has 0 saturated carbocycles. The molecule has 0 aliphatic rings. The van der Waals surface area contributed by atoms with Gasteiger partial charge >= 0.3 is 0 Å².